The number of halogens is 3. The Labute approximate surface area is 192 Å². The number of aryl methyl sites for hydroxylation is 1. The molecule has 0 fully saturated rings. The van der Waals surface area contributed by atoms with Crippen molar-refractivity contribution in [3.05, 3.63) is 91.4 Å². The Hall–Kier alpha value is -3.07. The van der Waals surface area contributed by atoms with Gasteiger partial charge in [-0.2, -0.15) is 4.98 Å². The lowest BCUT2D eigenvalue weighted by atomic mass is 10.1. The molecule has 1 amide bonds. The first-order valence-electron chi connectivity index (χ1n) is 9.89. The number of benzene rings is 2. The van der Waals surface area contributed by atoms with Crippen LogP contribution in [0.3, 0.4) is 0 Å². The fourth-order valence-electron chi connectivity index (χ4n) is 3.02. The highest BCUT2D eigenvalue weighted by Crippen LogP contribution is 2.21. The van der Waals surface area contributed by atoms with Crippen LogP contribution in [0.4, 0.5) is 8.78 Å². The number of carbonyl (C=O) groups excluding carboxylic acids is 1. The van der Waals surface area contributed by atoms with E-state index in [0.717, 1.165) is 17.7 Å². The highest BCUT2D eigenvalue weighted by Gasteiger charge is 2.16. The van der Waals surface area contributed by atoms with Crippen LogP contribution in [0.2, 0.25) is 0 Å². The second-order valence-electron chi connectivity index (χ2n) is 7.52. The summed E-state index contributed by atoms with van der Waals surface area (Å²) in [4.78, 5) is 29.5. The summed E-state index contributed by atoms with van der Waals surface area (Å²) in [5, 5.41) is 2.83. The number of rotatable bonds is 7. The fourth-order valence-corrected chi connectivity index (χ4v) is 3.44. The molecule has 3 aromatic rings. The van der Waals surface area contributed by atoms with E-state index >= 15 is 0 Å². The Morgan fingerprint density at radius 3 is 2.66 bits per heavy atom. The molecule has 0 radical (unpaired) electrons. The van der Waals surface area contributed by atoms with Crippen LogP contribution in [-0.2, 0) is 13.2 Å². The zero-order chi connectivity index (χ0) is 23.4. The highest BCUT2D eigenvalue weighted by atomic mass is 79.9. The lowest BCUT2D eigenvalue weighted by molar-refractivity contribution is 0.0943. The number of amides is 1. The maximum absolute atomic E-state index is 13.8. The fraction of sp³-hybridized carbons (Fsp3) is 0.261. The van der Waals surface area contributed by atoms with E-state index in [0.29, 0.717) is 11.4 Å². The van der Waals surface area contributed by atoms with Gasteiger partial charge in [0.05, 0.1) is 6.54 Å². The Balaban J connectivity index is 1.82. The highest BCUT2D eigenvalue weighted by molar-refractivity contribution is 9.10. The molecule has 0 aliphatic carbocycles. The summed E-state index contributed by atoms with van der Waals surface area (Å²) in [5.41, 5.74) is 1.00. The van der Waals surface area contributed by atoms with E-state index in [1.165, 1.54) is 10.6 Å². The van der Waals surface area contributed by atoms with Crippen molar-refractivity contribution >= 4 is 21.8 Å². The largest absolute Gasteiger partial charge is 0.472 e. The number of hydrogen-bond donors (Lipinski definition) is 1. The number of carbonyl (C=O) groups is 1. The van der Waals surface area contributed by atoms with Gasteiger partial charge in [-0.15, -0.1) is 0 Å². The number of ether oxygens (including phenoxy) is 1. The summed E-state index contributed by atoms with van der Waals surface area (Å²) in [5.74, 6) is -1.23. The topological polar surface area (TPSA) is 73.2 Å². The van der Waals surface area contributed by atoms with Gasteiger partial charge in [-0.1, -0.05) is 12.1 Å². The lowest BCUT2D eigenvalue weighted by Gasteiger charge is -2.14. The summed E-state index contributed by atoms with van der Waals surface area (Å²) in [6, 6.07) is 10.2. The number of nitrogens with zero attached hydrogens (tertiary/aromatic N) is 2. The van der Waals surface area contributed by atoms with Crippen LogP contribution in [0, 0.1) is 18.6 Å². The van der Waals surface area contributed by atoms with Gasteiger partial charge in [0.2, 0.25) is 5.88 Å². The number of nitrogens with one attached hydrogen (secondary N) is 1. The standard InChI is InChI=1S/C23H22BrF2N3O3/c1-13(2)27-21(30)16-6-4-5-15(9-16)11-29-14(3)28-22(20(24)23(29)31)32-12-17-7-8-18(25)10-19(17)26/h4-10,13H,11-12H2,1-3H3,(H,27,30). The molecule has 1 N–H and O–H groups in total. The molecule has 0 unspecified atom stereocenters. The van der Waals surface area contributed by atoms with E-state index in [-0.39, 0.29) is 46.6 Å². The third kappa shape index (κ3) is 5.59. The van der Waals surface area contributed by atoms with Gasteiger partial charge in [0.1, 0.15) is 28.5 Å². The summed E-state index contributed by atoms with van der Waals surface area (Å²) in [7, 11) is 0. The molecule has 0 saturated carbocycles. The zero-order valence-corrected chi connectivity index (χ0v) is 19.4. The van der Waals surface area contributed by atoms with Crippen LogP contribution in [0.15, 0.2) is 51.7 Å². The average Bonchev–Trinajstić information content (AvgIpc) is 2.73. The van der Waals surface area contributed by atoms with Crippen molar-refractivity contribution in [2.75, 3.05) is 0 Å². The van der Waals surface area contributed by atoms with Gasteiger partial charge < -0.3 is 10.1 Å². The van der Waals surface area contributed by atoms with Crippen molar-refractivity contribution in [3.8, 4) is 5.88 Å². The Morgan fingerprint density at radius 2 is 1.97 bits per heavy atom. The monoisotopic (exact) mass is 505 g/mol. The molecule has 0 saturated heterocycles. The van der Waals surface area contributed by atoms with Crippen molar-refractivity contribution in [3.63, 3.8) is 0 Å². The molecule has 0 aliphatic heterocycles. The summed E-state index contributed by atoms with van der Waals surface area (Å²) in [6.45, 7) is 5.39. The summed E-state index contributed by atoms with van der Waals surface area (Å²) in [6.07, 6.45) is 0. The van der Waals surface area contributed by atoms with Crippen molar-refractivity contribution in [1.82, 2.24) is 14.9 Å². The van der Waals surface area contributed by atoms with Crippen molar-refractivity contribution < 1.29 is 18.3 Å². The normalized spacial score (nSPS) is 11.0. The van der Waals surface area contributed by atoms with Gasteiger partial charge in [0, 0.05) is 23.2 Å². The maximum Gasteiger partial charge on any atom is 0.272 e. The Kier molecular flexibility index (Phi) is 7.40. The quantitative estimate of drug-likeness (QED) is 0.517. The summed E-state index contributed by atoms with van der Waals surface area (Å²) >= 11 is 3.21. The van der Waals surface area contributed by atoms with E-state index < -0.39 is 11.6 Å². The van der Waals surface area contributed by atoms with Gasteiger partial charge >= 0.3 is 0 Å². The predicted octanol–water partition coefficient (Wildman–Crippen LogP) is 4.36. The molecule has 1 aromatic heterocycles. The molecule has 168 valence electrons. The molecule has 6 nitrogen and oxygen atoms in total. The first-order valence-corrected chi connectivity index (χ1v) is 10.7. The Bertz CT molecular complexity index is 1210. The van der Waals surface area contributed by atoms with Gasteiger partial charge in [0.25, 0.3) is 11.5 Å². The van der Waals surface area contributed by atoms with Gasteiger partial charge in [-0.3, -0.25) is 14.2 Å². The first kappa shape index (κ1) is 23.6. The maximum atomic E-state index is 13.8. The van der Waals surface area contributed by atoms with E-state index in [2.05, 4.69) is 26.2 Å². The molecule has 3 rings (SSSR count). The molecule has 0 bridgehead atoms. The van der Waals surface area contributed by atoms with Crippen molar-refractivity contribution in [1.29, 1.82) is 0 Å². The Morgan fingerprint density at radius 1 is 1.22 bits per heavy atom. The van der Waals surface area contributed by atoms with Crippen LogP contribution in [0.5, 0.6) is 5.88 Å². The second-order valence-corrected chi connectivity index (χ2v) is 8.32. The van der Waals surface area contributed by atoms with Crippen molar-refractivity contribution in [2.24, 2.45) is 0 Å². The molecule has 0 spiro atoms. The van der Waals surface area contributed by atoms with E-state index in [1.54, 1.807) is 25.1 Å². The minimum absolute atomic E-state index is 0.00658. The van der Waals surface area contributed by atoms with E-state index in [1.807, 2.05) is 19.9 Å². The van der Waals surface area contributed by atoms with Crippen molar-refractivity contribution in [2.45, 2.75) is 40.0 Å². The van der Waals surface area contributed by atoms with Crippen LogP contribution in [0.25, 0.3) is 0 Å². The van der Waals surface area contributed by atoms with Crippen LogP contribution in [-0.4, -0.2) is 21.5 Å². The summed E-state index contributed by atoms with van der Waals surface area (Å²) < 4.78 is 33.9. The van der Waals surface area contributed by atoms with E-state index in [9.17, 15) is 18.4 Å². The molecular weight excluding hydrogens is 484 g/mol. The third-order valence-corrected chi connectivity index (χ3v) is 5.28. The molecule has 1 heterocycles. The number of hydrogen-bond acceptors (Lipinski definition) is 4. The zero-order valence-electron chi connectivity index (χ0n) is 17.8. The third-order valence-electron chi connectivity index (χ3n) is 4.60. The molecule has 0 atom stereocenters. The van der Waals surface area contributed by atoms with Crippen LogP contribution in [0.1, 0.15) is 41.2 Å². The molecular formula is C23H22BrF2N3O3. The smallest absolute Gasteiger partial charge is 0.272 e. The molecule has 0 aliphatic rings. The van der Waals surface area contributed by atoms with Gasteiger partial charge in [-0.25, -0.2) is 8.78 Å². The average molecular weight is 506 g/mol. The molecule has 2 aromatic carbocycles. The molecule has 9 heteroatoms. The van der Waals surface area contributed by atoms with Gasteiger partial charge in [-0.05, 0) is 66.5 Å². The van der Waals surface area contributed by atoms with Crippen LogP contribution < -0.4 is 15.6 Å². The van der Waals surface area contributed by atoms with E-state index in [4.69, 9.17) is 4.74 Å². The predicted molar refractivity (Wildman–Crippen MR) is 120 cm³/mol. The lowest BCUT2D eigenvalue weighted by Crippen LogP contribution is -2.30. The van der Waals surface area contributed by atoms with Gasteiger partial charge in [0.15, 0.2) is 0 Å². The minimum atomic E-state index is -0.743. The molecule has 32 heavy (non-hydrogen) atoms. The SMILES string of the molecule is Cc1nc(OCc2ccc(F)cc2F)c(Br)c(=O)n1Cc1cccc(C(=O)NC(C)C)c1. The minimum Gasteiger partial charge on any atom is -0.472 e. The second kappa shape index (κ2) is 10.0. The first-order chi connectivity index (χ1) is 15.2. The number of aromatic nitrogens is 2. The van der Waals surface area contributed by atoms with Crippen LogP contribution >= 0.6 is 15.9 Å².